The van der Waals surface area contributed by atoms with Crippen molar-refractivity contribution in [1.29, 1.82) is 0 Å². The van der Waals surface area contributed by atoms with Gasteiger partial charge in [0.2, 0.25) is 0 Å². The lowest BCUT2D eigenvalue weighted by atomic mass is 10.2. The monoisotopic (exact) mass is 288 g/mol. The molecule has 0 saturated carbocycles. The minimum absolute atomic E-state index is 0.0282. The number of aryl methyl sites for hydroxylation is 1. The standard InChI is InChI=1S/C16H20N2OS/c1-3-14-9-10-15(20-14)11-18-16(19)12-5-7-13(8-6-12)17-4-2/h5-10,17H,3-4,11H2,1-2H3,(H,18,19). The van der Waals surface area contributed by atoms with Crippen molar-refractivity contribution in [2.24, 2.45) is 0 Å². The number of nitrogens with one attached hydrogen (secondary N) is 2. The number of hydrogen-bond acceptors (Lipinski definition) is 3. The van der Waals surface area contributed by atoms with Crippen LogP contribution in [-0.2, 0) is 13.0 Å². The van der Waals surface area contributed by atoms with Crippen LogP contribution in [-0.4, -0.2) is 12.5 Å². The Morgan fingerprint density at radius 3 is 2.35 bits per heavy atom. The fraction of sp³-hybridized carbons (Fsp3) is 0.312. The van der Waals surface area contributed by atoms with Gasteiger partial charge in [-0.25, -0.2) is 0 Å². The lowest BCUT2D eigenvalue weighted by Gasteiger charge is -2.06. The molecule has 2 rings (SSSR count). The predicted octanol–water partition coefficient (Wildman–Crippen LogP) is 3.67. The van der Waals surface area contributed by atoms with Crippen LogP contribution in [0, 0.1) is 0 Å². The molecule has 0 unspecified atom stereocenters. The summed E-state index contributed by atoms with van der Waals surface area (Å²) in [5.41, 5.74) is 1.73. The molecule has 0 fully saturated rings. The highest BCUT2D eigenvalue weighted by Gasteiger charge is 2.06. The zero-order chi connectivity index (χ0) is 14.4. The van der Waals surface area contributed by atoms with Crippen LogP contribution in [0.4, 0.5) is 5.69 Å². The summed E-state index contributed by atoms with van der Waals surface area (Å²) in [6.45, 7) is 5.66. The van der Waals surface area contributed by atoms with Crippen molar-refractivity contribution in [3.05, 3.63) is 51.7 Å². The van der Waals surface area contributed by atoms with Crippen molar-refractivity contribution < 1.29 is 4.79 Å². The maximum absolute atomic E-state index is 12.0. The molecule has 0 aliphatic heterocycles. The van der Waals surface area contributed by atoms with E-state index in [1.54, 1.807) is 11.3 Å². The third-order valence-corrected chi connectivity index (χ3v) is 4.25. The first-order valence-corrected chi connectivity index (χ1v) is 7.74. The fourth-order valence-corrected chi connectivity index (χ4v) is 2.82. The molecule has 0 bridgehead atoms. The predicted molar refractivity (Wildman–Crippen MR) is 85.5 cm³/mol. The van der Waals surface area contributed by atoms with Gasteiger partial charge in [-0.2, -0.15) is 0 Å². The van der Waals surface area contributed by atoms with E-state index in [9.17, 15) is 4.79 Å². The number of thiophene rings is 1. The third kappa shape index (κ3) is 3.84. The Morgan fingerprint density at radius 2 is 1.75 bits per heavy atom. The van der Waals surface area contributed by atoms with Crippen LogP contribution in [0.1, 0.15) is 34.0 Å². The molecular formula is C16H20N2OS. The van der Waals surface area contributed by atoms with Crippen LogP contribution in [0.5, 0.6) is 0 Å². The third-order valence-electron chi connectivity index (χ3n) is 3.02. The van der Waals surface area contributed by atoms with Crippen LogP contribution in [0.3, 0.4) is 0 Å². The quantitative estimate of drug-likeness (QED) is 0.851. The molecule has 0 aliphatic rings. The van der Waals surface area contributed by atoms with Crippen molar-refractivity contribution in [1.82, 2.24) is 5.32 Å². The van der Waals surface area contributed by atoms with Gasteiger partial charge in [-0.1, -0.05) is 6.92 Å². The van der Waals surface area contributed by atoms with E-state index in [1.807, 2.05) is 31.2 Å². The molecule has 0 saturated heterocycles. The molecule has 1 aromatic carbocycles. The number of amides is 1. The molecule has 20 heavy (non-hydrogen) atoms. The van der Waals surface area contributed by atoms with Crippen molar-refractivity contribution in [3.8, 4) is 0 Å². The molecule has 3 nitrogen and oxygen atoms in total. The highest BCUT2D eigenvalue weighted by molar-refractivity contribution is 7.11. The minimum atomic E-state index is -0.0282. The van der Waals surface area contributed by atoms with Gasteiger partial charge in [0.15, 0.2) is 0 Å². The van der Waals surface area contributed by atoms with Crippen molar-refractivity contribution in [2.45, 2.75) is 26.8 Å². The smallest absolute Gasteiger partial charge is 0.251 e. The Balaban J connectivity index is 1.90. The summed E-state index contributed by atoms with van der Waals surface area (Å²) in [4.78, 5) is 14.6. The van der Waals surface area contributed by atoms with Crippen LogP contribution < -0.4 is 10.6 Å². The molecule has 1 heterocycles. The van der Waals surface area contributed by atoms with Crippen molar-refractivity contribution in [2.75, 3.05) is 11.9 Å². The molecule has 2 N–H and O–H groups in total. The second-order valence-corrected chi connectivity index (χ2v) is 5.76. The molecule has 1 aromatic heterocycles. The second kappa shape index (κ2) is 7.10. The normalized spacial score (nSPS) is 10.3. The van der Waals surface area contributed by atoms with Gasteiger partial charge in [-0.3, -0.25) is 4.79 Å². The van der Waals surface area contributed by atoms with Crippen LogP contribution in [0.15, 0.2) is 36.4 Å². The van der Waals surface area contributed by atoms with E-state index >= 15 is 0 Å². The maximum atomic E-state index is 12.0. The number of hydrogen-bond donors (Lipinski definition) is 2. The first-order chi connectivity index (χ1) is 9.72. The van der Waals surface area contributed by atoms with Gasteiger partial charge >= 0.3 is 0 Å². The summed E-state index contributed by atoms with van der Waals surface area (Å²) in [6, 6.07) is 11.8. The van der Waals surface area contributed by atoms with Gasteiger partial charge in [0.1, 0.15) is 0 Å². The minimum Gasteiger partial charge on any atom is -0.385 e. The van der Waals surface area contributed by atoms with E-state index in [0.29, 0.717) is 12.1 Å². The molecule has 2 aromatic rings. The maximum Gasteiger partial charge on any atom is 0.251 e. The van der Waals surface area contributed by atoms with E-state index in [1.165, 1.54) is 9.75 Å². The number of carbonyl (C=O) groups excluding carboxylic acids is 1. The van der Waals surface area contributed by atoms with Gasteiger partial charge in [0.05, 0.1) is 6.54 Å². The summed E-state index contributed by atoms with van der Waals surface area (Å²) < 4.78 is 0. The van der Waals surface area contributed by atoms with E-state index < -0.39 is 0 Å². The first kappa shape index (κ1) is 14.6. The summed E-state index contributed by atoms with van der Waals surface area (Å²) in [5, 5.41) is 6.17. The number of anilines is 1. The Bertz CT molecular complexity index is 560. The van der Waals surface area contributed by atoms with Crippen LogP contribution in [0.2, 0.25) is 0 Å². The molecule has 0 radical (unpaired) electrons. The SMILES string of the molecule is CCNc1ccc(C(=O)NCc2ccc(CC)s2)cc1. The molecule has 0 spiro atoms. The van der Waals surface area contributed by atoms with E-state index in [-0.39, 0.29) is 5.91 Å². The van der Waals surface area contributed by atoms with Gasteiger partial charge in [0.25, 0.3) is 5.91 Å². The van der Waals surface area contributed by atoms with E-state index in [2.05, 4.69) is 29.7 Å². The zero-order valence-corrected chi connectivity index (χ0v) is 12.7. The number of benzene rings is 1. The second-order valence-electron chi connectivity index (χ2n) is 4.51. The average molecular weight is 288 g/mol. The highest BCUT2D eigenvalue weighted by atomic mass is 32.1. The fourth-order valence-electron chi connectivity index (χ4n) is 1.92. The summed E-state index contributed by atoms with van der Waals surface area (Å²) in [5.74, 6) is -0.0282. The lowest BCUT2D eigenvalue weighted by molar-refractivity contribution is 0.0951. The molecule has 0 aliphatic carbocycles. The van der Waals surface area contributed by atoms with Gasteiger partial charge in [-0.15, -0.1) is 11.3 Å². The van der Waals surface area contributed by atoms with E-state index in [0.717, 1.165) is 18.7 Å². The zero-order valence-electron chi connectivity index (χ0n) is 11.9. The highest BCUT2D eigenvalue weighted by Crippen LogP contribution is 2.16. The molecule has 4 heteroatoms. The summed E-state index contributed by atoms with van der Waals surface area (Å²) in [6.07, 6.45) is 1.05. The number of rotatable bonds is 6. The van der Waals surface area contributed by atoms with Crippen molar-refractivity contribution >= 4 is 22.9 Å². The Hall–Kier alpha value is -1.81. The topological polar surface area (TPSA) is 41.1 Å². The van der Waals surface area contributed by atoms with E-state index in [4.69, 9.17) is 0 Å². The Morgan fingerprint density at radius 1 is 1.05 bits per heavy atom. The van der Waals surface area contributed by atoms with Gasteiger partial charge in [0, 0.05) is 27.5 Å². The molecule has 1 amide bonds. The largest absolute Gasteiger partial charge is 0.385 e. The Kier molecular flexibility index (Phi) is 5.18. The summed E-state index contributed by atoms with van der Waals surface area (Å²) in [7, 11) is 0. The van der Waals surface area contributed by atoms with Crippen LogP contribution in [0.25, 0.3) is 0 Å². The van der Waals surface area contributed by atoms with Gasteiger partial charge in [-0.05, 0) is 49.7 Å². The number of carbonyl (C=O) groups is 1. The van der Waals surface area contributed by atoms with Crippen LogP contribution >= 0.6 is 11.3 Å². The summed E-state index contributed by atoms with van der Waals surface area (Å²) >= 11 is 1.75. The molecular weight excluding hydrogens is 268 g/mol. The lowest BCUT2D eigenvalue weighted by Crippen LogP contribution is -2.22. The average Bonchev–Trinajstić information content (AvgIpc) is 2.94. The van der Waals surface area contributed by atoms with Gasteiger partial charge < -0.3 is 10.6 Å². The molecule has 106 valence electrons. The Labute approximate surface area is 124 Å². The first-order valence-electron chi connectivity index (χ1n) is 6.92. The molecule has 0 atom stereocenters. The van der Waals surface area contributed by atoms with Crippen molar-refractivity contribution in [3.63, 3.8) is 0 Å².